The van der Waals surface area contributed by atoms with Crippen LogP contribution >= 0.6 is 0 Å². The van der Waals surface area contributed by atoms with Crippen LogP contribution in [-0.2, 0) is 20.6 Å². The number of hydrogen-bond acceptors (Lipinski definition) is 7. The molecule has 8 nitrogen and oxygen atoms in total. The molecule has 0 saturated carbocycles. The van der Waals surface area contributed by atoms with E-state index in [1.165, 1.54) is 0 Å². The van der Waals surface area contributed by atoms with Crippen LogP contribution in [-0.4, -0.2) is 67.6 Å². The third kappa shape index (κ3) is 5.94. The molecule has 1 aliphatic heterocycles. The van der Waals surface area contributed by atoms with Crippen molar-refractivity contribution in [3.8, 4) is 0 Å². The molecule has 1 heterocycles. The fourth-order valence-corrected chi connectivity index (χ4v) is 3.70. The highest BCUT2D eigenvalue weighted by Gasteiger charge is 2.38. The predicted molar refractivity (Wildman–Crippen MR) is 109 cm³/mol. The number of benzene rings is 1. The van der Waals surface area contributed by atoms with Crippen LogP contribution in [0.25, 0.3) is 0 Å². The summed E-state index contributed by atoms with van der Waals surface area (Å²) >= 11 is 0. The maximum Gasteiger partial charge on any atom is 0.410 e. The molecule has 0 unspecified atom stereocenters. The Balaban J connectivity index is 2.32. The number of aliphatic hydroxyl groups excluding tert-OH is 1. The molecule has 0 atom stereocenters. The SMILES string of the molecule is COC(=O)c1cc(F)cc(CC2(CO)CCN(C(=O)OC(C)(C)C)CC2)c1C(=O)OC. The van der Waals surface area contributed by atoms with Crippen molar-refractivity contribution >= 4 is 18.0 Å². The first kappa shape index (κ1) is 24.6. The lowest BCUT2D eigenvalue weighted by Crippen LogP contribution is -2.47. The molecule has 0 aromatic heterocycles. The van der Waals surface area contributed by atoms with Crippen LogP contribution in [0.3, 0.4) is 0 Å². The summed E-state index contributed by atoms with van der Waals surface area (Å²) in [4.78, 5) is 38.4. The molecular formula is C22H30FNO7. The lowest BCUT2D eigenvalue weighted by molar-refractivity contribution is -0.000266. The quantitative estimate of drug-likeness (QED) is 0.556. The number of likely N-dealkylation sites (tertiary alicyclic amines) is 1. The molecule has 0 spiro atoms. The number of nitrogens with zero attached hydrogens (tertiary/aromatic N) is 1. The smallest absolute Gasteiger partial charge is 0.410 e. The third-order valence-corrected chi connectivity index (χ3v) is 5.36. The van der Waals surface area contributed by atoms with Crippen molar-refractivity contribution in [2.24, 2.45) is 5.41 Å². The van der Waals surface area contributed by atoms with Crippen LogP contribution < -0.4 is 0 Å². The van der Waals surface area contributed by atoms with Gasteiger partial charge in [-0.3, -0.25) is 0 Å². The average Bonchev–Trinajstić information content (AvgIpc) is 2.71. The molecule has 1 amide bonds. The Morgan fingerprint density at radius 1 is 1.10 bits per heavy atom. The molecule has 1 aromatic carbocycles. The highest BCUT2D eigenvalue weighted by atomic mass is 19.1. The van der Waals surface area contributed by atoms with E-state index in [0.29, 0.717) is 25.9 Å². The van der Waals surface area contributed by atoms with Gasteiger partial charge in [0.05, 0.1) is 25.3 Å². The number of carbonyl (C=O) groups is 3. The van der Waals surface area contributed by atoms with Crippen LogP contribution in [0, 0.1) is 11.2 Å². The van der Waals surface area contributed by atoms with Gasteiger partial charge < -0.3 is 24.2 Å². The van der Waals surface area contributed by atoms with Gasteiger partial charge in [0.1, 0.15) is 11.4 Å². The largest absolute Gasteiger partial charge is 0.465 e. The average molecular weight is 439 g/mol. The zero-order valence-electron chi connectivity index (χ0n) is 18.6. The van der Waals surface area contributed by atoms with Gasteiger partial charge in [0.15, 0.2) is 0 Å². The summed E-state index contributed by atoms with van der Waals surface area (Å²) in [7, 11) is 2.30. The second-order valence-corrected chi connectivity index (χ2v) is 8.77. The zero-order valence-corrected chi connectivity index (χ0v) is 18.6. The number of ether oxygens (including phenoxy) is 3. The van der Waals surface area contributed by atoms with Gasteiger partial charge >= 0.3 is 18.0 Å². The first-order valence-corrected chi connectivity index (χ1v) is 10.0. The van der Waals surface area contributed by atoms with Crippen LogP contribution in [0.15, 0.2) is 12.1 Å². The maximum absolute atomic E-state index is 14.3. The Labute approximate surface area is 181 Å². The van der Waals surface area contributed by atoms with Crippen molar-refractivity contribution in [3.05, 3.63) is 34.6 Å². The third-order valence-electron chi connectivity index (χ3n) is 5.36. The summed E-state index contributed by atoms with van der Waals surface area (Å²) in [6, 6.07) is 2.09. The summed E-state index contributed by atoms with van der Waals surface area (Å²) < 4.78 is 29.2. The van der Waals surface area contributed by atoms with Crippen molar-refractivity contribution in [1.29, 1.82) is 0 Å². The topological polar surface area (TPSA) is 102 Å². The van der Waals surface area contributed by atoms with E-state index in [9.17, 15) is 23.9 Å². The monoisotopic (exact) mass is 439 g/mol. The number of methoxy groups -OCH3 is 2. The minimum Gasteiger partial charge on any atom is -0.465 e. The minimum absolute atomic E-state index is 0.0850. The van der Waals surface area contributed by atoms with Gasteiger partial charge in [0.25, 0.3) is 0 Å². The van der Waals surface area contributed by atoms with Gasteiger partial charge in [-0.2, -0.15) is 0 Å². The van der Waals surface area contributed by atoms with Crippen molar-refractivity contribution in [2.45, 2.75) is 45.6 Å². The van der Waals surface area contributed by atoms with Crippen LogP contribution in [0.1, 0.15) is 59.9 Å². The highest BCUT2D eigenvalue weighted by molar-refractivity contribution is 6.04. The molecule has 1 fully saturated rings. The highest BCUT2D eigenvalue weighted by Crippen LogP contribution is 2.37. The molecule has 2 rings (SSSR count). The van der Waals surface area contributed by atoms with Crippen LogP contribution in [0.2, 0.25) is 0 Å². The number of aliphatic hydroxyl groups is 1. The van der Waals surface area contributed by atoms with E-state index in [2.05, 4.69) is 4.74 Å². The van der Waals surface area contributed by atoms with E-state index < -0.39 is 34.9 Å². The number of hydrogen-bond donors (Lipinski definition) is 1. The standard InChI is InChI=1S/C22H30FNO7/c1-21(2,3)31-20(28)24-8-6-22(13-25,7-9-24)12-14-10-15(23)11-16(18(26)29-4)17(14)19(27)30-5/h10-11,25H,6-9,12-13H2,1-5H3. The summed E-state index contributed by atoms with van der Waals surface area (Å²) in [6.07, 6.45) is 0.506. The Morgan fingerprint density at radius 2 is 1.68 bits per heavy atom. The summed E-state index contributed by atoms with van der Waals surface area (Å²) in [5, 5.41) is 10.2. The first-order chi connectivity index (χ1) is 14.4. The van der Waals surface area contributed by atoms with E-state index in [4.69, 9.17) is 9.47 Å². The zero-order chi connectivity index (χ0) is 23.4. The molecule has 1 saturated heterocycles. The number of piperidine rings is 1. The van der Waals surface area contributed by atoms with E-state index in [1.807, 2.05) is 0 Å². The number of carbonyl (C=O) groups excluding carboxylic acids is 3. The van der Waals surface area contributed by atoms with Crippen LogP contribution in [0.5, 0.6) is 0 Å². The summed E-state index contributed by atoms with van der Waals surface area (Å²) in [5.41, 5.74) is -1.40. The lowest BCUT2D eigenvalue weighted by atomic mass is 9.73. The normalized spacial score (nSPS) is 15.9. The molecule has 9 heteroatoms. The number of esters is 2. The predicted octanol–water partition coefficient (Wildman–Crippen LogP) is 2.95. The molecule has 0 aliphatic carbocycles. The van der Waals surface area contributed by atoms with Crippen LogP contribution in [0.4, 0.5) is 9.18 Å². The molecule has 31 heavy (non-hydrogen) atoms. The fraction of sp³-hybridized carbons (Fsp3) is 0.591. The molecule has 1 aromatic rings. The minimum atomic E-state index is -0.862. The molecule has 1 aliphatic rings. The Hall–Kier alpha value is -2.68. The Bertz CT molecular complexity index is 839. The molecule has 0 radical (unpaired) electrons. The van der Waals surface area contributed by atoms with Crippen molar-refractivity contribution < 1.29 is 38.1 Å². The lowest BCUT2D eigenvalue weighted by Gasteiger charge is -2.41. The first-order valence-electron chi connectivity index (χ1n) is 10.0. The molecule has 0 bridgehead atoms. The molecule has 172 valence electrons. The van der Waals surface area contributed by atoms with Gasteiger partial charge in [0, 0.05) is 25.1 Å². The molecular weight excluding hydrogens is 409 g/mol. The van der Waals surface area contributed by atoms with Gasteiger partial charge in [0.2, 0.25) is 0 Å². The van der Waals surface area contributed by atoms with Gasteiger partial charge in [-0.1, -0.05) is 0 Å². The summed E-state index contributed by atoms with van der Waals surface area (Å²) in [5.74, 6) is -2.36. The second-order valence-electron chi connectivity index (χ2n) is 8.77. The van der Waals surface area contributed by atoms with E-state index in [1.54, 1.807) is 25.7 Å². The Kier molecular flexibility index (Phi) is 7.64. The van der Waals surface area contributed by atoms with E-state index in [-0.39, 0.29) is 29.7 Å². The number of halogens is 1. The van der Waals surface area contributed by atoms with Crippen molar-refractivity contribution in [2.75, 3.05) is 33.9 Å². The van der Waals surface area contributed by atoms with E-state index in [0.717, 1.165) is 26.4 Å². The second kappa shape index (κ2) is 9.64. The van der Waals surface area contributed by atoms with Crippen molar-refractivity contribution in [3.63, 3.8) is 0 Å². The number of amides is 1. The van der Waals surface area contributed by atoms with Crippen molar-refractivity contribution in [1.82, 2.24) is 4.90 Å². The van der Waals surface area contributed by atoms with Gasteiger partial charge in [-0.05, 0) is 57.7 Å². The summed E-state index contributed by atoms with van der Waals surface area (Å²) in [6.45, 7) is 5.78. The fourth-order valence-electron chi connectivity index (χ4n) is 3.70. The van der Waals surface area contributed by atoms with E-state index >= 15 is 0 Å². The number of rotatable bonds is 5. The maximum atomic E-state index is 14.3. The Morgan fingerprint density at radius 3 is 2.16 bits per heavy atom. The van der Waals surface area contributed by atoms with Gasteiger partial charge in [-0.25, -0.2) is 18.8 Å². The van der Waals surface area contributed by atoms with Gasteiger partial charge in [-0.15, -0.1) is 0 Å². The molecule has 1 N–H and O–H groups in total.